The van der Waals surface area contributed by atoms with Crippen molar-refractivity contribution in [2.24, 2.45) is 0 Å². The van der Waals surface area contributed by atoms with E-state index >= 15 is 0 Å². The molecule has 0 rings (SSSR count). The minimum Gasteiger partial charge on any atom is -0.478 e. The maximum atomic E-state index is 11.3. The van der Waals surface area contributed by atoms with Crippen LogP contribution in [0.15, 0.2) is 24.6 Å². The van der Waals surface area contributed by atoms with E-state index in [9.17, 15) is 9.18 Å². The number of allylic oxidation sites excluding steroid dienone is 1. The van der Waals surface area contributed by atoms with Crippen molar-refractivity contribution in [3.05, 3.63) is 24.6 Å². The number of aliphatic carboxylic acids is 1. The van der Waals surface area contributed by atoms with Gasteiger partial charge in [-0.25, -0.2) is 9.18 Å². The van der Waals surface area contributed by atoms with Crippen LogP contribution in [0.4, 0.5) is 4.39 Å². The van der Waals surface area contributed by atoms with E-state index in [2.05, 4.69) is 6.58 Å². The maximum Gasteiger partial charge on any atom is 0.330 e. The maximum absolute atomic E-state index is 11.3. The second-order valence-electron chi connectivity index (χ2n) is 1.81. The number of carboxylic acids is 1. The molecule has 0 fully saturated rings. The Morgan fingerprint density at radius 2 is 2.30 bits per heavy atom. The van der Waals surface area contributed by atoms with Crippen LogP contribution in [0.25, 0.3) is 0 Å². The molecule has 10 heavy (non-hydrogen) atoms. The Morgan fingerprint density at radius 1 is 1.70 bits per heavy atom. The minimum atomic E-state index is -1.02. The standard InChI is InChI=1S/C7H9FO2/c1-6(7(9)10)4-2-3-5-8/h3,5H,1-2,4H2,(H,9,10). The van der Waals surface area contributed by atoms with Crippen molar-refractivity contribution in [1.29, 1.82) is 0 Å². The van der Waals surface area contributed by atoms with Gasteiger partial charge in [0.2, 0.25) is 0 Å². The highest BCUT2D eigenvalue weighted by Crippen LogP contribution is 2.02. The van der Waals surface area contributed by atoms with Crippen molar-refractivity contribution in [1.82, 2.24) is 0 Å². The second-order valence-corrected chi connectivity index (χ2v) is 1.81. The van der Waals surface area contributed by atoms with Gasteiger partial charge in [0.1, 0.15) is 0 Å². The summed E-state index contributed by atoms with van der Waals surface area (Å²) in [7, 11) is 0. The zero-order chi connectivity index (χ0) is 7.98. The van der Waals surface area contributed by atoms with E-state index < -0.39 is 5.97 Å². The van der Waals surface area contributed by atoms with Crippen LogP contribution in [-0.4, -0.2) is 11.1 Å². The highest BCUT2D eigenvalue weighted by Gasteiger charge is 2.00. The van der Waals surface area contributed by atoms with Gasteiger partial charge in [-0.05, 0) is 12.8 Å². The number of hydrogen-bond donors (Lipinski definition) is 1. The topological polar surface area (TPSA) is 37.3 Å². The monoisotopic (exact) mass is 144 g/mol. The summed E-state index contributed by atoms with van der Waals surface area (Å²) in [6.45, 7) is 3.27. The van der Waals surface area contributed by atoms with E-state index in [4.69, 9.17) is 5.11 Å². The van der Waals surface area contributed by atoms with E-state index in [1.54, 1.807) is 0 Å². The SMILES string of the molecule is C=C(CCC=CF)C(=O)O. The molecule has 0 radical (unpaired) electrons. The molecule has 0 aliphatic carbocycles. The third-order valence-electron chi connectivity index (χ3n) is 1.00. The summed E-state index contributed by atoms with van der Waals surface area (Å²) in [5.41, 5.74) is 0.109. The van der Waals surface area contributed by atoms with Crippen LogP contribution in [0, 0.1) is 0 Å². The van der Waals surface area contributed by atoms with Crippen molar-refractivity contribution in [3.8, 4) is 0 Å². The summed E-state index contributed by atoms with van der Waals surface area (Å²) in [5, 5.41) is 8.26. The van der Waals surface area contributed by atoms with Crippen LogP contribution in [0.5, 0.6) is 0 Å². The molecule has 0 aromatic rings. The van der Waals surface area contributed by atoms with Crippen molar-refractivity contribution >= 4 is 5.97 Å². The Balaban J connectivity index is 3.50. The summed E-state index contributed by atoms with van der Waals surface area (Å²) >= 11 is 0. The van der Waals surface area contributed by atoms with Gasteiger partial charge in [0.05, 0.1) is 6.33 Å². The third kappa shape index (κ3) is 3.83. The quantitative estimate of drug-likeness (QED) is 0.612. The molecule has 0 unspecified atom stereocenters. The molecule has 0 aliphatic rings. The molecule has 0 saturated carbocycles. The third-order valence-corrected chi connectivity index (χ3v) is 1.00. The molecular weight excluding hydrogens is 135 g/mol. The fourth-order valence-corrected chi connectivity index (χ4v) is 0.427. The van der Waals surface area contributed by atoms with E-state index in [0.717, 1.165) is 0 Å². The lowest BCUT2D eigenvalue weighted by atomic mass is 10.2. The van der Waals surface area contributed by atoms with Gasteiger partial charge >= 0.3 is 5.97 Å². The average molecular weight is 144 g/mol. The molecular formula is C7H9FO2. The lowest BCUT2D eigenvalue weighted by Crippen LogP contribution is -1.97. The summed E-state index contributed by atoms with van der Waals surface area (Å²) in [5.74, 6) is -1.02. The first-order valence-corrected chi connectivity index (χ1v) is 2.84. The molecule has 0 aromatic carbocycles. The highest BCUT2D eigenvalue weighted by molar-refractivity contribution is 5.85. The zero-order valence-electron chi connectivity index (χ0n) is 5.51. The number of carboxylic acid groups (broad SMARTS) is 1. The van der Waals surface area contributed by atoms with E-state index in [0.29, 0.717) is 19.2 Å². The Morgan fingerprint density at radius 3 is 2.70 bits per heavy atom. The predicted octanol–water partition coefficient (Wildman–Crippen LogP) is 1.89. The summed E-state index contributed by atoms with van der Waals surface area (Å²) < 4.78 is 11.3. The molecule has 0 amide bonds. The molecule has 0 heterocycles. The molecule has 0 spiro atoms. The first kappa shape index (κ1) is 8.88. The average Bonchev–Trinajstić information content (AvgIpc) is 1.88. The number of carbonyl (C=O) groups is 1. The molecule has 0 atom stereocenters. The highest BCUT2D eigenvalue weighted by atomic mass is 19.1. The minimum absolute atomic E-state index is 0.109. The van der Waals surface area contributed by atoms with Crippen molar-refractivity contribution in [2.45, 2.75) is 12.8 Å². The van der Waals surface area contributed by atoms with Crippen molar-refractivity contribution in [2.75, 3.05) is 0 Å². The van der Waals surface area contributed by atoms with Crippen LogP contribution < -0.4 is 0 Å². The van der Waals surface area contributed by atoms with Gasteiger partial charge in [0.15, 0.2) is 0 Å². The van der Waals surface area contributed by atoms with Crippen molar-refractivity contribution in [3.63, 3.8) is 0 Å². The van der Waals surface area contributed by atoms with Gasteiger partial charge in [0, 0.05) is 5.57 Å². The fraction of sp³-hybridized carbons (Fsp3) is 0.286. The summed E-state index contributed by atoms with van der Waals surface area (Å²) in [6, 6.07) is 0. The molecule has 2 nitrogen and oxygen atoms in total. The molecule has 1 N–H and O–H groups in total. The Bertz CT molecular complexity index is 161. The van der Waals surface area contributed by atoms with Gasteiger partial charge in [-0.15, -0.1) is 0 Å². The predicted molar refractivity (Wildman–Crippen MR) is 36.3 cm³/mol. The van der Waals surface area contributed by atoms with Gasteiger partial charge < -0.3 is 5.11 Å². The van der Waals surface area contributed by atoms with Gasteiger partial charge in [-0.3, -0.25) is 0 Å². The van der Waals surface area contributed by atoms with Crippen LogP contribution in [0.2, 0.25) is 0 Å². The Kier molecular flexibility index (Phi) is 4.20. The second kappa shape index (κ2) is 4.73. The molecule has 3 heteroatoms. The number of rotatable bonds is 4. The lowest BCUT2D eigenvalue weighted by Gasteiger charge is -1.93. The molecule has 56 valence electrons. The number of halogens is 1. The van der Waals surface area contributed by atoms with Crippen LogP contribution in [0.3, 0.4) is 0 Å². The number of hydrogen-bond acceptors (Lipinski definition) is 1. The first-order chi connectivity index (χ1) is 4.68. The van der Waals surface area contributed by atoms with Gasteiger partial charge in [-0.1, -0.05) is 12.7 Å². The fourth-order valence-electron chi connectivity index (χ4n) is 0.427. The van der Waals surface area contributed by atoms with Crippen molar-refractivity contribution < 1.29 is 14.3 Å². The van der Waals surface area contributed by atoms with Crippen LogP contribution >= 0.6 is 0 Å². The first-order valence-electron chi connectivity index (χ1n) is 2.84. The zero-order valence-corrected chi connectivity index (χ0v) is 5.51. The molecule has 0 bridgehead atoms. The Hall–Kier alpha value is -1.12. The normalized spacial score (nSPS) is 10.1. The Labute approximate surface area is 58.7 Å². The van der Waals surface area contributed by atoms with Crippen LogP contribution in [0.1, 0.15) is 12.8 Å². The van der Waals surface area contributed by atoms with E-state index in [-0.39, 0.29) is 5.57 Å². The summed E-state index contributed by atoms with van der Waals surface area (Å²) in [6.07, 6.45) is 2.35. The van der Waals surface area contributed by atoms with Crippen LogP contribution in [-0.2, 0) is 4.79 Å². The van der Waals surface area contributed by atoms with E-state index in [1.165, 1.54) is 6.08 Å². The largest absolute Gasteiger partial charge is 0.478 e. The lowest BCUT2D eigenvalue weighted by molar-refractivity contribution is -0.132. The molecule has 0 aliphatic heterocycles. The smallest absolute Gasteiger partial charge is 0.330 e. The summed E-state index contributed by atoms with van der Waals surface area (Å²) in [4.78, 5) is 10.1. The molecule has 0 saturated heterocycles. The molecule has 0 aromatic heterocycles. The van der Waals surface area contributed by atoms with Gasteiger partial charge in [0.25, 0.3) is 0 Å². The van der Waals surface area contributed by atoms with E-state index in [1.807, 2.05) is 0 Å². The van der Waals surface area contributed by atoms with Gasteiger partial charge in [-0.2, -0.15) is 0 Å².